The molecule has 0 bridgehead atoms. The molecule has 174 valence electrons. The van der Waals surface area contributed by atoms with E-state index in [0.717, 1.165) is 75.5 Å². The van der Waals surface area contributed by atoms with Crippen LogP contribution < -0.4 is 10.2 Å². The molecule has 4 rings (SSSR count). The number of hydrogen-bond donors (Lipinski definition) is 1. The minimum atomic E-state index is -0.642. The molecule has 2 saturated heterocycles. The summed E-state index contributed by atoms with van der Waals surface area (Å²) in [6.07, 6.45) is 5.58. The van der Waals surface area contributed by atoms with Crippen LogP contribution in [0.4, 0.5) is 5.69 Å². The minimum absolute atomic E-state index is 0.100. The number of carbonyl (C=O) groups is 3. The number of hydrogen-bond acceptors (Lipinski definition) is 5. The van der Waals surface area contributed by atoms with Gasteiger partial charge in [-0.1, -0.05) is 36.9 Å². The Morgan fingerprint density at radius 3 is 2.50 bits per heavy atom. The molecule has 7 nitrogen and oxygen atoms in total. The Balaban J connectivity index is 1.22. The summed E-state index contributed by atoms with van der Waals surface area (Å²) < 4.78 is 0. The summed E-state index contributed by atoms with van der Waals surface area (Å²) >= 11 is 6.10. The smallest absolute Gasteiger partial charge is 0.243 e. The molecule has 3 amide bonds. The largest absolute Gasteiger partial charge is 0.369 e. The van der Waals surface area contributed by atoms with Gasteiger partial charge in [-0.15, -0.1) is 0 Å². The first kappa shape index (κ1) is 23.1. The van der Waals surface area contributed by atoms with E-state index in [2.05, 4.69) is 21.2 Å². The zero-order valence-electron chi connectivity index (χ0n) is 18.6. The van der Waals surface area contributed by atoms with E-state index < -0.39 is 6.04 Å². The maximum atomic E-state index is 12.9. The van der Waals surface area contributed by atoms with Gasteiger partial charge in [0.2, 0.25) is 17.7 Å². The highest BCUT2D eigenvalue weighted by Gasteiger charge is 2.42. The van der Waals surface area contributed by atoms with Gasteiger partial charge in [-0.2, -0.15) is 0 Å². The van der Waals surface area contributed by atoms with Crippen LogP contribution in [0.3, 0.4) is 0 Å². The molecule has 1 aromatic carbocycles. The number of nitrogens with one attached hydrogen (secondary N) is 1. The lowest BCUT2D eigenvalue weighted by molar-refractivity contribution is -0.151. The van der Waals surface area contributed by atoms with Crippen LogP contribution in [0.5, 0.6) is 0 Å². The topological polar surface area (TPSA) is 73.0 Å². The first-order chi connectivity index (χ1) is 15.5. The second-order valence-electron chi connectivity index (χ2n) is 9.09. The number of imide groups is 1. The van der Waals surface area contributed by atoms with Gasteiger partial charge in [-0.3, -0.25) is 24.2 Å². The standard InChI is InChI=1S/C24H33ClN4O3/c25-19-7-4-8-20(17-19)28-15-13-27(14-16-28)12-11-26-23(31)21-9-10-22(30)29(21)24(32)18-5-2-1-3-6-18/h4,7-8,17-18,21H,1-3,5-6,9-16H2,(H,26,31)/t21-/m0/s1. The van der Waals surface area contributed by atoms with E-state index in [9.17, 15) is 14.4 Å². The van der Waals surface area contributed by atoms with Crippen molar-refractivity contribution in [3.8, 4) is 0 Å². The van der Waals surface area contributed by atoms with Gasteiger partial charge in [0, 0.05) is 62.3 Å². The van der Waals surface area contributed by atoms with Crippen LogP contribution in [0.15, 0.2) is 24.3 Å². The van der Waals surface area contributed by atoms with Crippen LogP contribution in [0.1, 0.15) is 44.9 Å². The Kier molecular flexibility index (Phi) is 7.68. The normalized spacial score (nSPS) is 22.9. The zero-order valence-corrected chi connectivity index (χ0v) is 19.4. The fourth-order valence-corrected chi connectivity index (χ4v) is 5.30. The highest BCUT2D eigenvalue weighted by atomic mass is 35.5. The van der Waals surface area contributed by atoms with E-state index in [4.69, 9.17) is 11.6 Å². The van der Waals surface area contributed by atoms with E-state index in [0.29, 0.717) is 13.0 Å². The average molecular weight is 461 g/mol. The van der Waals surface area contributed by atoms with Crippen LogP contribution in [-0.4, -0.2) is 72.8 Å². The van der Waals surface area contributed by atoms with Crippen LogP contribution >= 0.6 is 11.6 Å². The number of likely N-dealkylation sites (tertiary alicyclic amines) is 1. The molecule has 1 atom stereocenters. The van der Waals surface area contributed by atoms with Gasteiger partial charge >= 0.3 is 0 Å². The summed E-state index contributed by atoms with van der Waals surface area (Å²) in [6, 6.07) is 7.27. The second-order valence-corrected chi connectivity index (χ2v) is 9.53. The third-order valence-electron chi connectivity index (χ3n) is 6.98. The Morgan fingerprint density at radius 1 is 1.03 bits per heavy atom. The molecular weight excluding hydrogens is 428 g/mol. The maximum absolute atomic E-state index is 12.9. The Morgan fingerprint density at radius 2 is 1.78 bits per heavy atom. The van der Waals surface area contributed by atoms with Gasteiger partial charge in [0.15, 0.2) is 0 Å². The lowest BCUT2D eigenvalue weighted by Crippen LogP contribution is -2.52. The summed E-state index contributed by atoms with van der Waals surface area (Å²) in [5.41, 5.74) is 1.14. The van der Waals surface area contributed by atoms with Gasteiger partial charge in [0.25, 0.3) is 0 Å². The molecule has 8 heteroatoms. The fraction of sp³-hybridized carbons (Fsp3) is 0.625. The van der Waals surface area contributed by atoms with Crippen molar-refractivity contribution in [1.82, 2.24) is 15.1 Å². The molecule has 0 radical (unpaired) electrons. The SMILES string of the molecule is O=C(NCCN1CCN(c2cccc(Cl)c2)CC1)[C@@H]1CCC(=O)N1C(=O)C1CCCCC1. The monoisotopic (exact) mass is 460 g/mol. The number of halogens is 1. The van der Waals surface area contributed by atoms with Crippen molar-refractivity contribution in [3.63, 3.8) is 0 Å². The number of carbonyl (C=O) groups excluding carboxylic acids is 3. The van der Waals surface area contributed by atoms with Crippen molar-refractivity contribution < 1.29 is 14.4 Å². The predicted octanol–water partition coefficient (Wildman–Crippen LogP) is 2.68. The summed E-state index contributed by atoms with van der Waals surface area (Å²) in [5, 5.41) is 3.72. The van der Waals surface area contributed by atoms with Gasteiger partial charge < -0.3 is 10.2 Å². The van der Waals surface area contributed by atoms with Crippen LogP contribution in [0.25, 0.3) is 0 Å². The molecule has 32 heavy (non-hydrogen) atoms. The molecular formula is C24H33ClN4O3. The van der Waals surface area contributed by atoms with E-state index in [1.54, 1.807) is 0 Å². The quantitative estimate of drug-likeness (QED) is 0.661. The molecule has 0 spiro atoms. The Bertz CT molecular complexity index is 834. The van der Waals surface area contributed by atoms with Crippen molar-refractivity contribution in [2.24, 2.45) is 5.92 Å². The summed E-state index contributed by atoms with van der Waals surface area (Å²) in [4.78, 5) is 44.0. The molecule has 3 fully saturated rings. The van der Waals surface area contributed by atoms with Crippen LogP contribution in [-0.2, 0) is 14.4 Å². The number of benzene rings is 1. The number of anilines is 1. The number of piperazine rings is 1. The molecule has 0 unspecified atom stereocenters. The van der Waals surface area contributed by atoms with Gasteiger partial charge in [0.05, 0.1) is 0 Å². The summed E-state index contributed by atoms with van der Waals surface area (Å²) in [6.45, 7) is 4.93. The highest BCUT2D eigenvalue weighted by molar-refractivity contribution is 6.30. The third-order valence-corrected chi connectivity index (χ3v) is 7.21. The molecule has 1 N–H and O–H groups in total. The number of nitrogens with zero attached hydrogens (tertiary/aromatic N) is 3. The number of rotatable bonds is 6. The third kappa shape index (κ3) is 5.44. The predicted molar refractivity (Wildman–Crippen MR) is 125 cm³/mol. The van der Waals surface area contributed by atoms with E-state index in [-0.39, 0.29) is 30.1 Å². The highest BCUT2D eigenvalue weighted by Crippen LogP contribution is 2.29. The molecule has 0 aromatic heterocycles. The van der Waals surface area contributed by atoms with E-state index >= 15 is 0 Å². The van der Waals surface area contributed by atoms with E-state index in [1.165, 1.54) is 4.90 Å². The molecule has 2 aliphatic heterocycles. The van der Waals surface area contributed by atoms with Crippen molar-refractivity contribution in [3.05, 3.63) is 29.3 Å². The first-order valence-electron chi connectivity index (χ1n) is 11.9. The van der Waals surface area contributed by atoms with Gasteiger partial charge in [-0.05, 0) is 37.5 Å². The summed E-state index contributed by atoms with van der Waals surface area (Å²) in [7, 11) is 0. The Labute approximate surface area is 195 Å². The van der Waals surface area contributed by atoms with Crippen molar-refractivity contribution in [2.45, 2.75) is 51.0 Å². The van der Waals surface area contributed by atoms with Crippen LogP contribution in [0, 0.1) is 5.92 Å². The zero-order chi connectivity index (χ0) is 22.5. The van der Waals surface area contributed by atoms with E-state index in [1.807, 2.05) is 18.2 Å². The molecule has 2 heterocycles. The summed E-state index contributed by atoms with van der Waals surface area (Å²) in [5.74, 6) is -0.628. The molecule has 1 aromatic rings. The van der Waals surface area contributed by atoms with Crippen molar-refractivity contribution in [2.75, 3.05) is 44.2 Å². The average Bonchev–Trinajstić information content (AvgIpc) is 3.21. The molecule has 3 aliphatic rings. The number of amides is 3. The molecule has 1 aliphatic carbocycles. The fourth-order valence-electron chi connectivity index (χ4n) is 5.11. The van der Waals surface area contributed by atoms with Gasteiger partial charge in [0.1, 0.15) is 6.04 Å². The van der Waals surface area contributed by atoms with Crippen molar-refractivity contribution in [1.29, 1.82) is 0 Å². The van der Waals surface area contributed by atoms with Crippen LogP contribution in [0.2, 0.25) is 5.02 Å². The second kappa shape index (κ2) is 10.7. The van der Waals surface area contributed by atoms with Gasteiger partial charge in [-0.25, -0.2) is 0 Å². The first-order valence-corrected chi connectivity index (χ1v) is 12.3. The lowest BCUT2D eigenvalue weighted by atomic mass is 9.88. The van der Waals surface area contributed by atoms with Crippen molar-refractivity contribution >= 4 is 35.0 Å². The molecule has 1 saturated carbocycles. The lowest BCUT2D eigenvalue weighted by Gasteiger charge is -2.36. The maximum Gasteiger partial charge on any atom is 0.243 e. The Hall–Kier alpha value is -2.12. The minimum Gasteiger partial charge on any atom is -0.369 e.